The molecule has 1 saturated heterocycles. The van der Waals surface area contributed by atoms with Crippen molar-refractivity contribution in [2.75, 3.05) is 24.3 Å². The molecule has 1 fully saturated rings. The highest BCUT2D eigenvalue weighted by atomic mass is 16.5. The van der Waals surface area contributed by atoms with Gasteiger partial charge in [-0.2, -0.15) is 0 Å². The number of rotatable bonds is 8. The molecule has 4 heterocycles. The number of fused-ring (bicyclic) bond motifs is 1. The van der Waals surface area contributed by atoms with Crippen molar-refractivity contribution in [1.29, 1.82) is 0 Å². The van der Waals surface area contributed by atoms with Gasteiger partial charge in [0.05, 0.1) is 13.2 Å². The molecule has 6 rings (SSSR count). The van der Waals surface area contributed by atoms with E-state index in [9.17, 15) is 9.59 Å². The minimum Gasteiger partial charge on any atom is -0.497 e. The second-order valence-electron chi connectivity index (χ2n) is 10.3. The van der Waals surface area contributed by atoms with Crippen LogP contribution in [0.15, 0.2) is 85.3 Å². The van der Waals surface area contributed by atoms with Gasteiger partial charge in [0.1, 0.15) is 28.6 Å². The van der Waals surface area contributed by atoms with Crippen molar-refractivity contribution in [2.45, 2.75) is 32.4 Å². The Kier molecular flexibility index (Phi) is 8.19. The summed E-state index contributed by atoms with van der Waals surface area (Å²) in [6, 6.07) is 20.2. The first kappa shape index (κ1) is 28.4. The third kappa shape index (κ3) is 5.80. The van der Waals surface area contributed by atoms with E-state index in [1.54, 1.807) is 55.6 Å². The summed E-state index contributed by atoms with van der Waals surface area (Å²) >= 11 is 0. The van der Waals surface area contributed by atoms with Crippen LogP contribution in [0.4, 0.5) is 11.6 Å². The number of aromatic nitrogens is 4. The molecule has 1 atom stereocenters. The fraction of sp³-hybridized carbons (Fsp3) is 0.206. The molecule has 2 aromatic carbocycles. The highest BCUT2D eigenvalue weighted by Gasteiger charge is 2.33. The summed E-state index contributed by atoms with van der Waals surface area (Å²) in [5.41, 5.74) is 3.84. The second-order valence-corrected chi connectivity index (χ2v) is 10.3. The van der Waals surface area contributed by atoms with Gasteiger partial charge in [0, 0.05) is 42.8 Å². The number of imidazole rings is 1. The predicted octanol–water partition coefficient (Wildman–Crippen LogP) is 5.35. The van der Waals surface area contributed by atoms with E-state index in [1.807, 2.05) is 53.1 Å². The number of ether oxygens (including phenoxy) is 1. The van der Waals surface area contributed by atoms with Gasteiger partial charge in [0.15, 0.2) is 5.82 Å². The van der Waals surface area contributed by atoms with Gasteiger partial charge < -0.3 is 20.3 Å². The van der Waals surface area contributed by atoms with Gasteiger partial charge in [0.2, 0.25) is 0 Å². The summed E-state index contributed by atoms with van der Waals surface area (Å²) in [5, 5.41) is 6.30. The van der Waals surface area contributed by atoms with Gasteiger partial charge in [-0.15, -0.1) is 0 Å². The smallest absolute Gasteiger partial charge is 0.299 e. The van der Waals surface area contributed by atoms with Crippen molar-refractivity contribution < 1.29 is 14.3 Å². The van der Waals surface area contributed by atoms with Crippen LogP contribution in [-0.2, 0) is 11.3 Å². The van der Waals surface area contributed by atoms with Gasteiger partial charge in [-0.05, 0) is 67.6 Å². The van der Waals surface area contributed by atoms with E-state index in [2.05, 4.69) is 32.4 Å². The van der Waals surface area contributed by atoms with Gasteiger partial charge >= 0.3 is 0 Å². The standard InChI is InChI=1S/C34H31N7O3/c1-3-7-29(42)40-20-6-8-27(40)33-39-30(24-12-14-25(15-13-24)34(43)38-28-9-4-5-18-35-28)31-32(36-19-21-41(31)33)37-22-23-10-16-26(44-2)17-11-23/h4-5,9-19,21,27H,6,8,20,22H2,1-2H3,(H,36,37)(H,35,38,43)/t27-/m0/s1. The first-order valence-corrected chi connectivity index (χ1v) is 14.4. The van der Waals surface area contributed by atoms with Crippen LogP contribution >= 0.6 is 0 Å². The van der Waals surface area contributed by atoms with E-state index < -0.39 is 0 Å². The summed E-state index contributed by atoms with van der Waals surface area (Å²) in [7, 11) is 1.64. The normalized spacial score (nSPS) is 14.1. The number of anilines is 2. The number of carbonyl (C=O) groups is 2. The van der Waals surface area contributed by atoms with Crippen LogP contribution in [0.2, 0.25) is 0 Å². The quantitative estimate of drug-likeness (QED) is 0.236. The molecule has 0 bridgehead atoms. The zero-order chi connectivity index (χ0) is 30.5. The van der Waals surface area contributed by atoms with Crippen LogP contribution < -0.4 is 15.4 Å². The van der Waals surface area contributed by atoms with Gasteiger partial charge in [-0.1, -0.05) is 36.3 Å². The SMILES string of the molecule is CC#CC(=O)N1CCC[C@H]1c1nc(-c2ccc(C(=O)Nc3ccccn3)cc2)c2c(NCc3ccc(OC)cc3)nccn12. The van der Waals surface area contributed by atoms with E-state index in [0.717, 1.165) is 41.1 Å². The minimum atomic E-state index is -0.258. The molecule has 0 aliphatic carbocycles. The first-order chi connectivity index (χ1) is 21.6. The topological polar surface area (TPSA) is 114 Å². The Labute approximate surface area is 255 Å². The van der Waals surface area contributed by atoms with Crippen LogP contribution in [-0.4, -0.2) is 49.7 Å². The number of nitrogens with zero attached hydrogens (tertiary/aromatic N) is 5. The highest BCUT2D eigenvalue weighted by molar-refractivity contribution is 6.04. The maximum Gasteiger partial charge on any atom is 0.299 e. The maximum atomic E-state index is 12.9. The van der Waals surface area contributed by atoms with Gasteiger partial charge in [-0.25, -0.2) is 15.0 Å². The lowest BCUT2D eigenvalue weighted by Gasteiger charge is -2.21. The van der Waals surface area contributed by atoms with Crippen LogP contribution in [0.5, 0.6) is 5.75 Å². The van der Waals surface area contributed by atoms with E-state index in [0.29, 0.717) is 36.0 Å². The summed E-state index contributed by atoms with van der Waals surface area (Å²) in [4.78, 5) is 41.5. The van der Waals surface area contributed by atoms with Crippen LogP contribution in [0.3, 0.4) is 0 Å². The highest BCUT2D eigenvalue weighted by Crippen LogP contribution is 2.37. The molecule has 0 spiro atoms. The number of pyridine rings is 1. The number of benzene rings is 2. The lowest BCUT2D eigenvalue weighted by atomic mass is 10.1. The Morgan fingerprint density at radius 1 is 1.02 bits per heavy atom. The van der Waals surface area contributed by atoms with Crippen molar-refractivity contribution in [3.63, 3.8) is 0 Å². The average molecular weight is 586 g/mol. The lowest BCUT2D eigenvalue weighted by Crippen LogP contribution is -2.30. The summed E-state index contributed by atoms with van der Waals surface area (Å²) in [6.45, 7) is 2.82. The Balaban J connectivity index is 1.38. The van der Waals surface area contributed by atoms with Gasteiger partial charge in [-0.3, -0.25) is 14.0 Å². The molecule has 2 N–H and O–H groups in total. The zero-order valence-electron chi connectivity index (χ0n) is 24.4. The molecule has 220 valence electrons. The van der Waals surface area contributed by atoms with E-state index in [4.69, 9.17) is 9.72 Å². The number of likely N-dealkylation sites (tertiary alicyclic amines) is 1. The molecule has 5 aromatic rings. The Morgan fingerprint density at radius 3 is 2.57 bits per heavy atom. The summed E-state index contributed by atoms with van der Waals surface area (Å²) < 4.78 is 7.30. The Morgan fingerprint density at radius 2 is 1.84 bits per heavy atom. The van der Waals surface area contributed by atoms with E-state index in [-0.39, 0.29) is 17.9 Å². The number of amides is 2. The monoisotopic (exact) mass is 585 g/mol. The van der Waals surface area contributed by atoms with Crippen molar-refractivity contribution in [1.82, 2.24) is 24.3 Å². The molecule has 44 heavy (non-hydrogen) atoms. The van der Waals surface area contributed by atoms with Crippen molar-refractivity contribution in [2.24, 2.45) is 0 Å². The number of hydrogen-bond acceptors (Lipinski definition) is 7. The molecular weight excluding hydrogens is 554 g/mol. The lowest BCUT2D eigenvalue weighted by molar-refractivity contribution is -0.126. The molecule has 10 nitrogen and oxygen atoms in total. The van der Waals surface area contributed by atoms with Crippen LogP contribution in [0.25, 0.3) is 16.8 Å². The zero-order valence-corrected chi connectivity index (χ0v) is 24.4. The summed E-state index contributed by atoms with van der Waals surface area (Å²) in [5.74, 6) is 7.62. The van der Waals surface area contributed by atoms with E-state index >= 15 is 0 Å². The van der Waals surface area contributed by atoms with Gasteiger partial charge in [0.25, 0.3) is 11.8 Å². The number of carbonyl (C=O) groups excluding carboxylic acids is 2. The maximum absolute atomic E-state index is 12.9. The molecule has 2 amide bonds. The third-order valence-corrected chi connectivity index (χ3v) is 7.57. The minimum absolute atomic E-state index is 0.205. The largest absolute Gasteiger partial charge is 0.497 e. The van der Waals surface area contributed by atoms with Crippen molar-refractivity contribution in [3.05, 3.63) is 102 Å². The number of methoxy groups -OCH3 is 1. The molecule has 1 aliphatic rings. The molecule has 10 heteroatoms. The molecule has 3 aromatic heterocycles. The third-order valence-electron chi connectivity index (χ3n) is 7.57. The molecule has 0 unspecified atom stereocenters. The molecule has 0 saturated carbocycles. The Bertz CT molecular complexity index is 1860. The molecule has 0 radical (unpaired) electrons. The fourth-order valence-electron chi connectivity index (χ4n) is 5.42. The fourth-order valence-corrected chi connectivity index (χ4v) is 5.42. The molecule has 1 aliphatic heterocycles. The number of nitrogens with one attached hydrogen (secondary N) is 2. The van der Waals surface area contributed by atoms with E-state index in [1.165, 1.54) is 0 Å². The number of hydrogen-bond donors (Lipinski definition) is 2. The molecular formula is C34H31N7O3. The second kappa shape index (κ2) is 12.7. The van der Waals surface area contributed by atoms with Crippen LogP contribution in [0, 0.1) is 11.8 Å². The Hall–Kier alpha value is -5.69. The van der Waals surface area contributed by atoms with Crippen molar-refractivity contribution in [3.8, 4) is 28.8 Å². The van der Waals surface area contributed by atoms with Crippen LogP contribution in [0.1, 0.15) is 47.6 Å². The average Bonchev–Trinajstić information content (AvgIpc) is 3.70. The first-order valence-electron chi connectivity index (χ1n) is 14.4. The van der Waals surface area contributed by atoms with Crippen molar-refractivity contribution >= 4 is 29.0 Å². The summed E-state index contributed by atoms with van der Waals surface area (Å²) in [6.07, 6.45) is 6.87. The predicted molar refractivity (Wildman–Crippen MR) is 168 cm³/mol.